The van der Waals surface area contributed by atoms with E-state index in [-0.39, 0.29) is 11.8 Å². The van der Waals surface area contributed by atoms with Crippen LogP contribution in [0.3, 0.4) is 0 Å². The molecule has 0 unspecified atom stereocenters. The first-order chi connectivity index (χ1) is 12.9. The SMILES string of the molecule is CN(C)c1cccc(N(C)C(=O)Nc2ncc(Oc3cncc(F)c3)s2)c1. The molecule has 1 N–H and O–H groups in total. The Morgan fingerprint density at radius 2 is 1.93 bits per heavy atom. The third-order valence-electron chi connectivity index (χ3n) is 3.63. The number of aromatic nitrogens is 2. The topological polar surface area (TPSA) is 70.6 Å². The van der Waals surface area contributed by atoms with Crippen molar-refractivity contribution in [3.63, 3.8) is 0 Å². The minimum atomic E-state index is -0.493. The molecule has 7 nitrogen and oxygen atoms in total. The summed E-state index contributed by atoms with van der Waals surface area (Å²) in [6.07, 6.45) is 3.94. The van der Waals surface area contributed by atoms with Crippen LogP contribution >= 0.6 is 11.3 Å². The molecule has 0 aliphatic rings. The zero-order chi connectivity index (χ0) is 19.4. The van der Waals surface area contributed by atoms with E-state index < -0.39 is 5.82 Å². The lowest BCUT2D eigenvalue weighted by molar-refractivity contribution is 0.258. The van der Waals surface area contributed by atoms with Crippen LogP contribution in [0.2, 0.25) is 0 Å². The minimum absolute atomic E-state index is 0.258. The zero-order valence-corrected chi connectivity index (χ0v) is 15.8. The Morgan fingerprint density at radius 3 is 2.67 bits per heavy atom. The third-order valence-corrected chi connectivity index (χ3v) is 4.43. The fourth-order valence-corrected chi connectivity index (χ4v) is 2.88. The summed E-state index contributed by atoms with van der Waals surface area (Å²) in [7, 11) is 5.54. The third kappa shape index (κ3) is 4.70. The molecule has 0 aliphatic heterocycles. The van der Waals surface area contributed by atoms with Gasteiger partial charge in [-0.3, -0.25) is 15.2 Å². The van der Waals surface area contributed by atoms with Crippen molar-refractivity contribution in [1.82, 2.24) is 9.97 Å². The van der Waals surface area contributed by atoms with Crippen LogP contribution in [0.15, 0.2) is 48.9 Å². The molecule has 0 bridgehead atoms. The summed E-state index contributed by atoms with van der Waals surface area (Å²) in [5, 5.41) is 3.50. The van der Waals surface area contributed by atoms with Gasteiger partial charge in [0.1, 0.15) is 11.6 Å². The van der Waals surface area contributed by atoms with E-state index in [0.717, 1.165) is 28.9 Å². The van der Waals surface area contributed by atoms with Gasteiger partial charge in [-0.05, 0) is 18.2 Å². The number of ether oxygens (including phenoxy) is 1. The number of amides is 2. The van der Waals surface area contributed by atoms with Gasteiger partial charge in [0.05, 0.1) is 18.6 Å². The molecule has 27 heavy (non-hydrogen) atoms. The van der Waals surface area contributed by atoms with E-state index >= 15 is 0 Å². The summed E-state index contributed by atoms with van der Waals surface area (Å²) in [5.74, 6) is -0.235. The van der Waals surface area contributed by atoms with Gasteiger partial charge in [-0.25, -0.2) is 14.2 Å². The molecule has 0 saturated carbocycles. The molecule has 0 fully saturated rings. The molecule has 2 amide bonds. The summed E-state index contributed by atoms with van der Waals surface area (Å²) in [6.45, 7) is 0. The monoisotopic (exact) mass is 387 g/mol. The number of carbonyl (C=O) groups excluding carboxylic acids is 1. The second kappa shape index (κ2) is 8.00. The van der Waals surface area contributed by atoms with Crippen LogP contribution in [0.25, 0.3) is 0 Å². The second-order valence-electron chi connectivity index (χ2n) is 5.83. The number of nitrogens with one attached hydrogen (secondary N) is 1. The molecule has 9 heteroatoms. The van der Waals surface area contributed by atoms with E-state index in [2.05, 4.69) is 15.3 Å². The van der Waals surface area contributed by atoms with Crippen molar-refractivity contribution >= 4 is 33.9 Å². The molecule has 0 aliphatic carbocycles. The molecule has 0 saturated heterocycles. The molecule has 0 spiro atoms. The first kappa shape index (κ1) is 18.6. The summed E-state index contributed by atoms with van der Waals surface area (Å²) < 4.78 is 18.6. The van der Waals surface area contributed by atoms with Crippen LogP contribution in [-0.4, -0.2) is 37.1 Å². The molecule has 0 radical (unpaired) electrons. The number of rotatable bonds is 5. The molecule has 2 heterocycles. The average molecular weight is 387 g/mol. The fourth-order valence-electron chi connectivity index (χ4n) is 2.20. The van der Waals surface area contributed by atoms with Crippen molar-refractivity contribution in [3.8, 4) is 10.8 Å². The zero-order valence-electron chi connectivity index (χ0n) is 15.0. The van der Waals surface area contributed by atoms with Gasteiger partial charge in [-0.2, -0.15) is 0 Å². The normalized spacial score (nSPS) is 10.4. The lowest BCUT2D eigenvalue weighted by atomic mass is 10.2. The Morgan fingerprint density at radius 1 is 1.15 bits per heavy atom. The number of hydrogen-bond acceptors (Lipinski definition) is 6. The van der Waals surface area contributed by atoms with Crippen molar-refractivity contribution in [2.24, 2.45) is 0 Å². The predicted octanol–water partition coefficient (Wildman–Crippen LogP) is 4.20. The first-order valence-electron chi connectivity index (χ1n) is 7.99. The van der Waals surface area contributed by atoms with Crippen LogP contribution < -0.4 is 19.9 Å². The smallest absolute Gasteiger partial charge is 0.327 e. The van der Waals surface area contributed by atoms with Gasteiger partial charge in [0.2, 0.25) is 5.06 Å². The molecular weight excluding hydrogens is 369 g/mol. The number of thiazole rings is 1. The Bertz CT molecular complexity index is 947. The maximum Gasteiger partial charge on any atom is 0.327 e. The highest BCUT2D eigenvalue weighted by Gasteiger charge is 2.14. The number of hydrogen-bond donors (Lipinski definition) is 1. The molecule has 1 aromatic carbocycles. The van der Waals surface area contributed by atoms with Gasteiger partial charge >= 0.3 is 6.03 Å². The van der Waals surface area contributed by atoms with Crippen molar-refractivity contribution in [2.45, 2.75) is 0 Å². The number of halogens is 1. The number of urea groups is 1. The summed E-state index contributed by atoms with van der Waals surface area (Å²) >= 11 is 1.13. The molecule has 3 rings (SSSR count). The van der Waals surface area contributed by atoms with Crippen molar-refractivity contribution < 1.29 is 13.9 Å². The Balaban J connectivity index is 1.66. The highest BCUT2D eigenvalue weighted by atomic mass is 32.1. The van der Waals surface area contributed by atoms with E-state index in [1.165, 1.54) is 23.4 Å². The summed E-state index contributed by atoms with van der Waals surface area (Å²) in [6, 6.07) is 8.49. The first-order valence-corrected chi connectivity index (χ1v) is 8.80. The second-order valence-corrected chi connectivity index (χ2v) is 6.82. The number of nitrogens with zero attached hydrogens (tertiary/aromatic N) is 4. The molecule has 140 valence electrons. The molecular formula is C18H18FN5O2S. The van der Waals surface area contributed by atoms with E-state index in [0.29, 0.717) is 10.2 Å². The van der Waals surface area contributed by atoms with Crippen LogP contribution in [0, 0.1) is 5.82 Å². The van der Waals surface area contributed by atoms with Crippen LogP contribution in [0.5, 0.6) is 10.8 Å². The molecule has 3 aromatic rings. The Hall–Kier alpha value is -3.20. The van der Waals surface area contributed by atoms with Gasteiger partial charge in [0.25, 0.3) is 0 Å². The summed E-state index contributed by atoms with van der Waals surface area (Å²) in [5.41, 5.74) is 1.73. The summed E-state index contributed by atoms with van der Waals surface area (Å²) in [4.78, 5) is 23.7. The highest BCUT2D eigenvalue weighted by molar-refractivity contribution is 7.17. The maximum atomic E-state index is 13.2. The van der Waals surface area contributed by atoms with Gasteiger partial charge in [-0.1, -0.05) is 17.4 Å². The van der Waals surface area contributed by atoms with E-state index in [1.54, 1.807) is 7.05 Å². The van der Waals surface area contributed by atoms with Crippen LogP contribution in [0.4, 0.5) is 25.7 Å². The number of anilines is 3. The average Bonchev–Trinajstić information content (AvgIpc) is 3.08. The number of pyridine rings is 1. The van der Waals surface area contributed by atoms with E-state index in [4.69, 9.17) is 4.74 Å². The fraction of sp³-hybridized carbons (Fsp3) is 0.167. The predicted molar refractivity (Wildman–Crippen MR) is 105 cm³/mol. The number of benzene rings is 1. The Labute approximate surface area is 160 Å². The number of carbonyl (C=O) groups is 1. The van der Waals surface area contributed by atoms with Gasteiger partial charge in [-0.15, -0.1) is 0 Å². The lowest BCUT2D eigenvalue weighted by Crippen LogP contribution is -2.31. The van der Waals surface area contributed by atoms with Gasteiger partial charge in [0.15, 0.2) is 5.13 Å². The quantitative estimate of drug-likeness (QED) is 0.710. The van der Waals surface area contributed by atoms with E-state index in [9.17, 15) is 9.18 Å². The maximum absolute atomic E-state index is 13.2. The van der Waals surface area contributed by atoms with Crippen LogP contribution in [0.1, 0.15) is 0 Å². The van der Waals surface area contributed by atoms with Gasteiger partial charge in [0, 0.05) is 38.6 Å². The Kier molecular flexibility index (Phi) is 5.51. The standard InChI is InChI=1S/C18H18FN5O2S/c1-23(2)13-5-4-6-14(8-13)24(3)18(25)22-17-21-11-16(27-17)26-15-7-12(19)9-20-10-15/h4-11H,1-3H3,(H,21,22,25). The molecule has 2 aromatic heterocycles. The minimum Gasteiger partial charge on any atom is -0.443 e. The van der Waals surface area contributed by atoms with E-state index in [1.807, 2.05) is 43.3 Å². The van der Waals surface area contributed by atoms with Crippen LogP contribution in [-0.2, 0) is 0 Å². The van der Waals surface area contributed by atoms with Gasteiger partial charge < -0.3 is 9.64 Å². The largest absolute Gasteiger partial charge is 0.443 e. The van der Waals surface area contributed by atoms with Crippen molar-refractivity contribution in [1.29, 1.82) is 0 Å². The molecule has 0 atom stereocenters. The highest BCUT2D eigenvalue weighted by Crippen LogP contribution is 2.30. The van der Waals surface area contributed by atoms with Crippen molar-refractivity contribution in [3.05, 3.63) is 54.7 Å². The lowest BCUT2D eigenvalue weighted by Gasteiger charge is -2.20. The van der Waals surface area contributed by atoms with Crippen molar-refractivity contribution in [2.75, 3.05) is 36.3 Å².